The highest BCUT2D eigenvalue weighted by atomic mass is 16.5. The molecule has 2 aromatic heterocycles. The fourth-order valence-corrected chi connectivity index (χ4v) is 2.83. The number of anilines is 1. The van der Waals surface area contributed by atoms with Crippen LogP contribution in [0.5, 0.6) is 5.75 Å². The molecule has 0 saturated carbocycles. The first kappa shape index (κ1) is 21.3. The Morgan fingerprint density at radius 3 is 2.24 bits per heavy atom. The number of furan rings is 2. The van der Waals surface area contributed by atoms with E-state index in [1.54, 1.807) is 60.7 Å². The third-order valence-corrected chi connectivity index (χ3v) is 4.38. The second kappa shape index (κ2) is 9.92. The van der Waals surface area contributed by atoms with Gasteiger partial charge in [0, 0.05) is 5.56 Å². The Balaban J connectivity index is 1.44. The number of benzene rings is 2. The molecule has 0 bridgehead atoms. The van der Waals surface area contributed by atoms with Crippen molar-refractivity contribution in [2.75, 3.05) is 5.32 Å². The molecule has 0 aliphatic carbocycles. The van der Waals surface area contributed by atoms with Crippen LogP contribution in [0.25, 0.3) is 0 Å². The highest BCUT2D eigenvalue weighted by Crippen LogP contribution is 2.19. The lowest BCUT2D eigenvalue weighted by Gasteiger charge is -2.09. The summed E-state index contributed by atoms with van der Waals surface area (Å²) in [5.74, 6) is -1.29. The van der Waals surface area contributed by atoms with Crippen molar-refractivity contribution in [1.82, 2.24) is 5.43 Å². The molecule has 0 fully saturated rings. The molecular weight excluding hydrogens is 426 g/mol. The van der Waals surface area contributed by atoms with Gasteiger partial charge in [0.1, 0.15) is 5.75 Å². The van der Waals surface area contributed by atoms with Crippen molar-refractivity contribution in [1.29, 1.82) is 0 Å². The van der Waals surface area contributed by atoms with Gasteiger partial charge in [-0.15, -0.1) is 0 Å². The Morgan fingerprint density at radius 2 is 1.48 bits per heavy atom. The van der Waals surface area contributed by atoms with Crippen molar-refractivity contribution >= 4 is 29.7 Å². The molecule has 2 amide bonds. The summed E-state index contributed by atoms with van der Waals surface area (Å²) in [4.78, 5) is 37.0. The van der Waals surface area contributed by atoms with Crippen molar-refractivity contribution < 1.29 is 28.0 Å². The van der Waals surface area contributed by atoms with E-state index in [0.717, 1.165) is 0 Å². The average Bonchev–Trinajstić information content (AvgIpc) is 3.55. The van der Waals surface area contributed by atoms with Crippen LogP contribution in [-0.2, 0) is 0 Å². The zero-order valence-corrected chi connectivity index (χ0v) is 17.1. The molecule has 0 saturated heterocycles. The van der Waals surface area contributed by atoms with Gasteiger partial charge in [-0.25, -0.2) is 10.2 Å². The van der Waals surface area contributed by atoms with E-state index in [1.165, 1.54) is 30.9 Å². The van der Waals surface area contributed by atoms with Crippen molar-refractivity contribution in [3.8, 4) is 5.75 Å². The third-order valence-electron chi connectivity index (χ3n) is 4.38. The summed E-state index contributed by atoms with van der Waals surface area (Å²) < 4.78 is 15.4. The minimum Gasteiger partial charge on any atom is -0.459 e. The zero-order chi connectivity index (χ0) is 23.0. The number of nitrogens with zero attached hydrogens (tertiary/aromatic N) is 1. The lowest BCUT2D eigenvalue weighted by Crippen LogP contribution is -2.21. The Hall–Kier alpha value is -4.92. The van der Waals surface area contributed by atoms with Gasteiger partial charge in [-0.1, -0.05) is 24.3 Å². The van der Waals surface area contributed by atoms with E-state index < -0.39 is 17.8 Å². The number of esters is 1. The summed E-state index contributed by atoms with van der Waals surface area (Å²) in [7, 11) is 0. The topological polar surface area (TPSA) is 123 Å². The van der Waals surface area contributed by atoms with Gasteiger partial charge in [0.2, 0.25) is 5.76 Å². The van der Waals surface area contributed by atoms with Gasteiger partial charge in [-0.05, 0) is 48.5 Å². The minimum absolute atomic E-state index is 0.0586. The largest absolute Gasteiger partial charge is 0.459 e. The smallest absolute Gasteiger partial charge is 0.379 e. The molecule has 2 N–H and O–H groups in total. The highest BCUT2D eigenvalue weighted by molar-refractivity contribution is 6.08. The summed E-state index contributed by atoms with van der Waals surface area (Å²) in [6.45, 7) is 0. The van der Waals surface area contributed by atoms with Crippen molar-refractivity contribution in [2.45, 2.75) is 0 Å². The van der Waals surface area contributed by atoms with E-state index in [4.69, 9.17) is 13.6 Å². The second-order valence-corrected chi connectivity index (χ2v) is 6.58. The maximum absolute atomic E-state index is 12.6. The molecule has 2 aromatic carbocycles. The number of nitrogens with one attached hydrogen (secondary N) is 2. The van der Waals surface area contributed by atoms with Crippen LogP contribution in [0.1, 0.15) is 37.0 Å². The van der Waals surface area contributed by atoms with E-state index >= 15 is 0 Å². The molecule has 4 rings (SSSR count). The number of carbonyl (C=O) groups is 3. The first-order valence-corrected chi connectivity index (χ1v) is 9.74. The first-order valence-electron chi connectivity index (χ1n) is 9.74. The van der Waals surface area contributed by atoms with Crippen LogP contribution in [-0.4, -0.2) is 24.0 Å². The van der Waals surface area contributed by atoms with Crippen LogP contribution in [0.4, 0.5) is 5.69 Å². The van der Waals surface area contributed by atoms with Gasteiger partial charge in [-0.2, -0.15) is 5.10 Å². The maximum Gasteiger partial charge on any atom is 0.379 e. The average molecular weight is 443 g/mol. The minimum atomic E-state index is -0.661. The van der Waals surface area contributed by atoms with Gasteiger partial charge in [0.15, 0.2) is 5.76 Å². The molecule has 0 aliphatic rings. The van der Waals surface area contributed by atoms with Crippen LogP contribution in [0.15, 0.2) is 99.3 Å². The van der Waals surface area contributed by atoms with Gasteiger partial charge >= 0.3 is 5.97 Å². The number of rotatable bonds is 7. The lowest BCUT2D eigenvalue weighted by atomic mass is 10.1. The predicted molar refractivity (Wildman–Crippen MR) is 118 cm³/mol. The maximum atomic E-state index is 12.6. The van der Waals surface area contributed by atoms with Gasteiger partial charge in [-0.3, -0.25) is 9.59 Å². The zero-order valence-electron chi connectivity index (χ0n) is 17.1. The Bertz CT molecular complexity index is 1290. The fourth-order valence-electron chi connectivity index (χ4n) is 2.83. The number of amides is 2. The molecule has 0 radical (unpaired) electrons. The standard InChI is InChI=1S/C24H17N3O6/c28-22(17-8-2-3-9-18(17)26-23(29)20-11-5-13-31-20)27-25-15-16-7-1-4-10-19(16)33-24(30)21-12-6-14-32-21/h1-15H,(H,26,29)(H,27,28)/b25-15-. The van der Waals surface area contributed by atoms with Crippen molar-refractivity contribution in [3.05, 3.63) is 108 Å². The fraction of sp³-hybridized carbons (Fsp3) is 0. The van der Waals surface area contributed by atoms with Crippen LogP contribution in [0.3, 0.4) is 0 Å². The normalized spacial score (nSPS) is 10.7. The summed E-state index contributed by atoms with van der Waals surface area (Å²) in [5.41, 5.74) is 3.35. The van der Waals surface area contributed by atoms with Crippen LogP contribution in [0.2, 0.25) is 0 Å². The van der Waals surface area contributed by atoms with Crippen LogP contribution < -0.4 is 15.5 Å². The molecule has 0 spiro atoms. The summed E-state index contributed by atoms with van der Waals surface area (Å²) in [6, 6.07) is 19.3. The Morgan fingerprint density at radius 1 is 0.788 bits per heavy atom. The molecule has 0 unspecified atom stereocenters. The molecule has 2 heterocycles. The van der Waals surface area contributed by atoms with E-state index in [2.05, 4.69) is 15.8 Å². The van der Waals surface area contributed by atoms with Crippen LogP contribution in [0, 0.1) is 0 Å². The van der Waals surface area contributed by atoms with Gasteiger partial charge < -0.3 is 18.9 Å². The molecule has 9 nitrogen and oxygen atoms in total. The van der Waals surface area contributed by atoms with Crippen molar-refractivity contribution in [3.63, 3.8) is 0 Å². The second-order valence-electron chi connectivity index (χ2n) is 6.58. The summed E-state index contributed by atoms with van der Waals surface area (Å²) in [6.07, 6.45) is 4.09. The SMILES string of the molecule is O=C(Nc1ccccc1C(=O)N/N=C\c1ccccc1OC(=O)c1ccco1)c1ccco1. The molecule has 4 aromatic rings. The molecule has 164 valence electrons. The number of para-hydroxylation sites is 2. The quantitative estimate of drug-likeness (QED) is 0.192. The monoisotopic (exact) mass is 443 g/mol. The number of hydrogen-bond acceptors (Lipinski definition) is 7. The molecule has 0 atom stereocenters. The molecule has 0 aliphatic heterocycles. The van der Waals surface area contributed by atoms with E-state index in [-0.39, 0.29) is 22.8 Å². The lowest BCUT2D eigenvalue weighted by molar-refractivity contribution is 0.0700. The summed E-state index contributed by atoms with van der Waals surface area (Å²) >= 11 is 0. The van der Waals surface area contributed by atoms with Crippen molar-refractivity contribution in [2.24, 2.45) is 5.10 Å². The van der Waals surface area contributed by atoms with E-state index in [0.29, 0.717) is 11.3 Å². The van der Waals surface area contributed by atoms with Gasteiger partial charge in [0.25, 0.3) is 11.8 Å². The van der Waals surface area contributed by atoms with Crippen LogP contribution >= 0.6 is 0 Å². The van der Waals surface area contributed by atoms with E-state index in [1.807, 2.05) is 0 Å². The Labute approximate surface area is 187 Å². The first-order chi connectivity index (χ1) is 16.1. The Kier molecular flexibility index (Phi) is 6.41. The highest BCUT2D eigenvalue weighted by Gasteiger charge is 2.16. The molecule has 33 heavy (non-hydrogen) atoms. The van der Waals surface area contributed by atoms with E-state index in [9.17, 15) is 14.4 Å². The predicted octanol–water partition coefficient (Wildman–Crippen LogP) is 4.11. The summed E-state index contributed by atoms with van der Waals surface area (Å²) in [5, 5.41) is 6.58. The number of hydrazone groups is 1. The molecular formula is C24H17N3O6. The molecule has 9 heteroatoms. The third kappa shape index (κ3) is 5.23. The number of carbonyl (C=O) groups excluding carboxylic acids is 3. The number of hydrogen-bond donors (Lipinski definition) is 2. The number of ether oxygens (including phenoxy) is 1. The van der Waals surface area contributed by atoms with Gasteiger partial charge in [0.05, 0.1) is 30.0 Å².